The molecule has 0 amide bonds. The second kappa shape index (κ2) is 4.99. The lowest BCUT2D eigenvalue weighted by atomic mass is 10.0. The predicted molar refractivity (Wildman–Crippen MR) is 65.6 cm³/mol. The van der Waals surface area contributed by atoms with Gasteiger partial charge in [-0.25, -0.2) is 0 Å². The summed E-state index contributed by atoms with van der Waals surface area (Å²) in [6, 6.07) is 14.2. The number of aliphatic hydroxyl groups is 2. The first-order valence-electron chi connectivity index (χ1n) is 5.39. The average Bonchev–Trinajstić information content (AvgIpc) is 2.39. The first-order valence-corrected chi connectivity index (χ1v) is 5.39. The molecule has 3 N–H and O–H groups in total. The van der Waals surface area contributed by atoms with E-state index in [-0.39, 0.29) is 12.4 Å². The van der Waals surface area contributed by atoms with E-state index in [1.807, 2.05) is 24.3 Å². The first kappa shape index (κ1) is 11.6. The van der Waals surface area contributed by atoms with Crippen LogP contribution in [0.3, 0.4) is 0 Å². The van der Waals surface area contributed by atoms with Gasteiger partial charge in [-0.3, -0.25) is 0 Å². The van der Waals surface area contributed by atoms with Crippen LogP contribution in [0.25, 0.3) is 11.1 Å². The van der Waals surface area contributed by atoms with Crippen LogP contribution in [-0.2, 0) is 0 Å². The van der Waals surface area contributed by atoms with E-state index in [9.17, 15) is 10.2 Å². The van der Waals surface area contributed by atoms with Gasteiger partial charge in [0, 0.05) is 5.56 Å². The number of phenols is 1. The number of benzene rings is 2. The zero-order valence-corrected chi connectivity index (χ0v) is 9.24. The third kappa shape index (κ3) is 2.46. The molecule has 0 saturated heterocycles. The van der Waals surface area contributed by atoms with Crippen LogP contribution in [0.4, 0.5) is 0 Å². The monoisotopic (exact) mass is 230 g/mol. The predicted octanol–water partition coefficient (Wildman–Crippen LogP) is 2.08. The van der Waals surface area contributed by atoms with Gasteiger partial charge in [0.05, 0.1) is 6.61 Å². The molecule has 0 saturated carbocycles. The fourth-order valence-corrected chi connectivity index (χ4v) is 1.71. The molecular weight excluding hydrogens is 216 g/mol. The Labute approximate surface area is 99.6 Å². The Balaban J connectivity index is 2.33. The molecule has 88 valence electrons. The van der Waals surface area contributed by atoms with Crippen molar-refractivity contribution < 1.29 is 15.3 Å². The van der Waals surface area contributed by atoms with Crippen LogP contribution in [0, 0.1) is 0 Å². The van der Waals surface area contributed by atoms with Gasteiger partial charge in [-0.15, -0.1) is 0 Å². The van der Waals surface area contributed by atoms with Crippen molar-refractivity contribution >= 4 is 0 Å². The topological polar surface area (TPSA) is 60.7 Å². The highest BCUT2D eigenvalue weighted by atomic mass is 16.3. The van der Waals surface area contributed by atoms with E-state index in [1.54, 1.807) is 24.3 Å². The molecule has 3 heteroatoms. The quantitative estimate of drug-likeness (QED) is 0.756. The van der Waals surface area contributed by atoms with Gasteiger partial charge in [0.25, 0.3) is 0 Å². The Bertz CT molecular complexity index is 491. The van der Waals surface area contributed by atoms with Crippen molar-refractivity contribution in [2.75, 3.05) is 6.61 Å². The number of hydrogen-bond donors (Lipinski definition) is 3. The van der Waals surface area contributed by atoms with Crippen molar-refractivity contribution in [2.45, 2.75) is 6.10 Å². The fraction of sp³-hybridized carbons (Fsp3) is 0.143. The molecule has 0 heterocycles. The lowest BCUT2D eigenvalue weighted by Gasteiger charge is -2.09. The normalized spacial score (nSPS) is 12.4. The summed E-state index contributed by atoms with van der Waals surface area (Å²) in [7, 11) is 0. The molecule has 17 heavy (non-hydrogen) atoms. The van der Waals surface area contributed by atoms with Crippen LogP contribution in [0.5, 0.6) is 5.75 Å². The summed E-state index contributed by atoms with van der Waals surface area (Å²) in [6.45, 7) is -0.296. The second-order valence-electron chi connectivity index (χ2n) is 3.84. The number of rotatable bonds is 3. The van der Waals surface area contributed by atoms with E-state index < -0.39 is 6.10 Å². The minimum atomic E-state index is -0.853. The van der Waals surface area contributed by atoms with E-state index in [1.165, 1.54) is 0 Å². The van der Waals surface area contributed by atoms with Crippen LogP contribution in [0.2, 0.25) is 0 Å². The van der Waals surface area contributed by atoms with Crippen LogP contribution in [0.15, 0.2) is 48.5 Å². The number of para-hydroxylation sites is 1. The summed E-state index contributed by atoms with van der Waals surface area (Å²) in [5.74, 6) is 0.225. The van der Waals surface area contributed by atoms with Gasteiger partial charge < -0.3 is 15.3 Å². The number of hydrogen-bond acceptors (Lipinski definition) is 3. The number of phenolic OH excluding ortho intramolecular Hbond substituents is 1. The van der Waals surface area contributed by atoms with E-state index in [0.29, 0.717) is 5.56 Å². The molecule has 0 aliphatic carbocycles. The highest BCUT2D eigenvalue weighted by molar-refractivity contribution is 5.70. The summed E-state index contributed by atoms with van der Waals surface area (Å²) in [5, 5.41) is 28.0. The lowest BCUT2D eigenvalue weighted by Crippen LogP contribution is -2.01. The standard InChI is InChI=1S/C14H14O3/c15-9-14(17)11-7-5-10(6-8-11)12-3-1-2-4-13(12)16/h1-8,14-17H,9H2/t14-/m0/s1. The Hall–Kier alpha value is -1.84. The largest absolute Gasteiger partial charge is 0.507 e. The molecule has 0 aliphatic heterocycles. The van der Waals surface area contributed by atoms with Crippen molar-refractivity contribution in [1.29, 1.82) is 0 Å². The highest BCUT2D eigenvalue weighted by Crippen LogP contribution is 2.29. The summed E-state index contributed by atoms with van der Waals surface area (Å²) >= 11 is 0. The maximum atomic E-state index is 9.70. The Morgan fingerprint density at radius 3 is 2.18 bits per heavy atom. The minimum absolute atomic E-state index is 0.225. The molecule has 0 aliphatic rings. The van der Waals surface area contributed by atoms with Crippen molar-refractivity contribution in [3.05, 3.63) is 54.1 Å². The third-order valence-corrected chi connectivity index (χ3v) is 2.68. The van der Waals surface area contributed by atoms with Gasteiger partial charge in [-0.05, 0) is 17.2 Å². The van der Waals surface area contributed by atoms with Crippen molar-refractivity contribution in [3.8, 4) is 16.9 Å². The van der Waals surface area contributed by atoms with Crippen LogP contribution in [0.1, 0.15) is 11.7 Å². The molecule has 0 bridgehead atoms. The summed E-state index contributed by atoms with van der Waals surface area (Å²) in [6.07, 6.45) is -0.853. The smallest absolute Gasteiger partial charge is 0.123 e. The molecule has 0 fully saturated rings. The summed E-state index contributed by atoms with van der Waals surface area (Å²) in [5.41, 5.74) is 2.28. The van der Waals surface area contributed by atoms with Crippen LogP contribution < -0.4 is 0 Å². The molecule has 1 atom stereocenters. The van der Waals surface area contributed by atoms with Crippen molar-refractivity contribution in [2.24, 2.45) is 0 Å². The SMILES string of the molecule is OC[C@H](O)c1ccc(-c2ccccc2O)cc1. The Morgan fingerprint density at radius 2 is 1.59 bits per heavy atom. The van der Waals surface area contributed by atoms with Gasteiger partial charge in [-0.1, -0.05) is 42.5 Å². The minimum Gasteiger partial charge on any atom is -0.507 e. The lowest BCUT2D eigenvalue weighted by molar-refractivity contribution is 0.0956. The second-order valence-corrected chi connectivity index (χ2v) is 3.84. The molecule has 0 unspecified atom stereocenters. The van der Waals surface area contributed by atoms with Gasteiger partial charge >= 0.3 is 0 Å². The zero-order chi connectivity index (χ0) is 12.3. The van der Waals surface area contributed by atoms with E-state index in [4.69, 9.17) is 5.11 Å². The zero-order valence-electron chi connectivity index (χ0n) is 9.24. The molecular formula is C14H14O3. The van der Waals surface area contributed by atoms with Crippen molar-refractivity contribution in [1.82, 2.24) is 0 Å². The molecule has 0 spiro atoms. The van der Waals surface area contributed by atoms with Gasteiger partial charge in [0.15, 0.2) is 0 Å². The fourth-order valence-electron chi connectivity index (χ4n) is 1.71. The molecule has 3 nitrogen and oxygen atoms in total. The third-order valence-electron chi connectivity index (χ3n) is 2.68. The maximum absolute atomic E-state index is 9.70. The van der Waals surface area contributed by atoms with E-state index in [2.05, 4.69) is 0 Å². The average molecular weight is 230 g/mol. The van der Waals surface area contributed by atoms with Crippen LogP contribution in [-0.4, -0.2) is 21.9 Å². The Morgan fingerprint density at radius 1 is 0.941 bits per heavy atom. The number of aliphatic hydroxyl groups excluding tert-OH is 2. The Kier molecular flexibility index (Phi) is 3.42. The van der Waals surface area contributed by atoms with Gasteiger partial charge in [-0.2, -0.15) is 0 Å². The van der Waals surface area contributed by atoms with E-state index in [0.717, 1.165) is 11.1 Å². The van der Waals surface area contributed by atoms with Crippen LogP contribution >= 0.6 is 0 Å². The highest BCUT2D eigenvalue weighted by Gasteiger charge is 2.07. The molecule has 2 rings (SSSR count). The molecule has 2 aromatic carbocycles. The molecule has 0 aromatic heterocycles. The van der Waals surface area contributed by atoms with Gasteiger partial charge in [0.2, 0.25) is 0 Å². The van der Waals surface area contributed by atoms with Crippen molar-refractivity contribution in [3.63, 3.8) is 0 Å². The maximum Gasteiger partial charge on any atom is 0.123 e. The van der Waals surface area contributed by atoms with Gasteiger partial charge in [0.1, 0.15) is 11.9 Å². The summed E-state index contributed by atoms with van der Waals surface area (Å²) < 4.78 is 0. The first-order chi connectivity index (χ1) is 8.22. The molecule has 2 aromatic rings. The van der Waals surface area contributed by atoms with E-state index >= 15 is 0 Å². The number of aromatic hydroxyl groups is 1. The summed E-state index contributed by atoms with van der Waals surface area (Å²) in [4.78, 5) is 0. The molecule has 0 radical (unpaired) electrons.